The topological polar surface area (TPSA) is 113 Å². The van der Waals surface area contributed by atoms with E-state index in [0.29, 0.717) is 43.2 Å². The summed E-state index contributed by atoms with van der Waals surface area (Å²) < 4.78 is 12.2. The number of piperidine rings is 1. The first-order valence-electron chi connectivity index (χ1n) is 8.99. The van der Waals surface area contributed by atoms with Gasteiger partial charge in [-0.2, -0.15) is 0 Å². The molecule has 0 radical (unpaired) electrons. The van der Waals surface area contributed by atoms with Crippen LogP contribution < -0.4 is 15.2 Å². The van der Waals surface area contributed by atoms with Crippen molar-refractivity contribution in [2.45, 2.75) is 19.4 Å². The summed E-state index contributed by atoms with van der Waals surface area (Å²) in [5.74, 6) is 0.787. The van der Waals surface area contributed by atoms with Crippen LogP contribution in [0, 0.1) is 5.92 Å². The van der Waals surface area contributed by atoms with Gasteiger partial charge in [0.2, 0.25) is 6.79 Å². The SMILES string of the molecule is NCCn1cc(C(=O)N2CCC[C@H](C(=O)c3ccc4c(c3)OCO4)C2)nn1. The number of aromatic nitrogens is 3. The molecule has 0 spiro atoms. The number of nitrogens with two attached hydrogens (primary N) is 1. The van der Waals surface area contributed by atoms with Gasteiger partial charge in [-0.1, -0.05) is 5.21 Å². The van der Waals surface area contributed by atoms with Crippen molar-refractivity contribution in [2.75, 3.05) is 26.4 Å². The molecule has 2 aromatic rings. The lowest BCUT2D eigenvalue weighted by Crippen LogP contribution is -2.42. The van der Waals surface area contributed by atoms with Crippen molar-refractivity contribution in [2.24, 2.45) is 11.7 Å². The smallest absolute Gasteiger partial charge is 0.276 e. The summed E-state index contributed by atoms with van der Waals surface area (Å²) >= 11 is 0. The fourth-order valence-electron chi connectivity index (χ4n) is 3.46. The Morgan fingerprint density at radius 2 is 2.11 bits per heavy atom. The second kappa shape index (κ2) is 7.36. The van der Waals surface area contributed by atoms with E-state index in [4.69, 9.17) is 15.2 Å². The van der Waals surface area contributed by atoms with Crippen LogP contribution in [0.25, 0.3) is 0 Å². The number of fused-ring (bicyclic) bond motifs is 1. The lowest BCUT2D eigenvalue weighted by Gasteiger charge is -2.31. The Morgan fingerprint density at radius 3 is 2.96 bits per heavy atom. The number of carbonyl (C=O) groups excluding carboxylic acids is 2. The highest BCUT2D eigenvalue weighted by molar-refractivity contribution is 5.99. The number of hydrogen-bond acceptors (Lipinski definition) is 7. The number of likely N-dealkylation sites (tertiary alicyclic amines) is 1. The molecule has 2 aliphatic rings. The largest absolute Gasteiger partial charge is 0.454 e. The number of carbonyl (C=O) groups is 2. The second-order valence-corrected chi connectivity index (χ2v) is 6.68. The summed E-state index contributed by atoms with van der Waals surface area (Å²) in [6.07, 6.45) is 3.11. The van der Waals surface area contributed by atoms with Crippen molar-refractivity contribution < 1.29 is 19.1 Å². The quantitative estimate of drug-likeness (QED) is 0.770. The third-order valence-corrected chi connectivity index (χ3v) is 4.85. The van der Waals surface area contributed by atoms with Gasteiger partial charge in [0.25, 0.3) is 5.91 Å². The van der Waals surface area contributed by atoms with Gasteiger partial charge in [-0.25, -0.2) is 0 Å². The van der Waals surface area contributed by atoms with Gasteiger partial charge in [-0.05, 0) is 31.0 Å². The van der Waals surface area contributed by atoms with Crippen molar-refractivity contribution in [1.82, 2.24) is 19.9 Å². The number of ketones is 1. The van der Waals surface area contributed by atoms with Crippen molar-refractivity contribution >= 4 is 11.7 Å². The molecule has 3 heterocycles. The lowest BCUT2D eigenvalue weighted by atomic mass is 9.89. The first-order chi connectivity index (χ1) is 13.2. The number of ether oxygens (including phenoxy) is 2. The summed E-state index contributed by atoms with van der Waals surface area (Å²) in [5.41, 5.74) is 6.34. The minimum atomic E-state index is -0.248. The first-order valence-corrected chi connectivity index (χ1v) is 8.99. The fraction of sp³-hybridized carbons (Fsp3) is 0.444. The minimum absolute atomic E-state index is 0.0117. The fourth-order valence-corrected chi connectivity index (χ4v) is 3.46. The number of hydrogen-bond donors (Lipinski definition) is 1. The van der Waals surface area contributed by atoms with Gasteiger partial charge in [0.15, 0.2) is 23.0 Å². The van der Waals surface area contributed by atoms with Crippen LogP contribution in [0.2, 0.25) is 0 Å². The normalized spacial score (nSPS) is 18.6. The Balaban J connectivity index is 1.45. The predicted octanol–water partition coefficient (Wildman–Crippen LogP) is 0.701. The Morgan fingerprint density at radius 1 is 1.26 bits per heavy atom. The van der Waals surface area contributed by atoms with Crippen LogP contribution in [0.1, 0.15) is 33.7 Å². The maximum Gasteiger partial charge on any atom is 0.276 e. The van der Waals surface area contributed by atoms with Gasteiger partial charge < -0.3 is 20.1 Å². The van der Waals surface area contributed by atoms with Crippen molar-refractivity contribution in [1.29, 1.82) is 0 Å². The molecule has 1 saturated heterocycles. The van der Waals surface area contributed by atoms with E-state index in [1.54, 1.807) is 34.0 Å². The van der Waals surface area contributed by atoms with E-state index < -0.39 is 0 Å². The third kappa shape index (κ3) is 3.50. The molecular formula is C18H21N5O4. The summed E-state index contributed by atoms with van der Waals surface area (Å²) in [7, 11) is 0. The van der Waals surface area contributed by atoms with Gasteiger partial charge in [-0.15, -0.1) is 5.10 Å². The average Bonchev–Trinajstić information content (AvgIpc) is 3.36. The molecule has 0 saturated carbocycles. The lowest BCUT2D eigenvalue weighted by molar-refractivity contribution is 0.0632. The maximum atomic E-state index is 12.9. The number of nitrogens with zero attached hydrogens (tertiary/aromatic N) is 4. The Hall–Kier alpha value is -2.94. The van der Waals surface area contributed by atoms with Crippen LogP contribution in [0.5, 0.6) is 11.5 Å². The Kier molecular flexibility index (Phi) is 4.76. The van der Waals surface area contributed by atoms with E-state index in [-0.39, 0.29) is 30.1 Å². The number of rotatable bonds is 5. The summed E-state index contributed by atoms with van der Waals surface area (Å²) in [4.78, 5) is 27.3. The van der Waals surface area contributed by atoms with E-state index >= 15 is 0 Å². The zero-order valence-corrected chi connectivity index (χ0v) is 14.8. The molecule has 0 aliphatic carbocycles. The number of benzene rings is 1. The number of Topliss-reactive ketones (excluding diaryl/α,β-unsaturated/α-hetero) is 1. The molecule has 0 bridgehead atoms. The third-order valence-electron chi connectivity index (χ3n) is 4.85. The molecular weight excluding hydrogens is 350 g/mol. The molecule has 1 aromatic heterocycles. The van der Waals surface area contributed by atoms with Crippen LogP contribution in [0.4, 0.5) is 0 Å². The molecule has 2 aliphatic heterocycles. The standard InChI is InChI=1S/C18H21N5O4/c19-5-7-23-10-14(20-21-23)18(25)22-6-1-2-13(9-22)17(24)12-3-4-15-16(8-12)27-11-26-15/h3-4,8,10,13H,1-2,5-7,9,11,19H2/t13-/m0/s1. The van der Waals surface area contributed by atoms with E-state index in [1.165, 1.54) is 0 Å². The zero-order chi connectivity index (χ0) is 18.8. The molecule has 1 amide bonds. The van der Waals surface area contributed by atoms with Gasteiger partial charge in [-0.3, -0.25) is 14.3 Å². The second-order valence-electron chi connectivity index (χ2n) is 6.68. The molecule has 142 valence electrons. The average molecular weight is 371 g/mol. The van der Waals surface area contributed by atoms with Gasteiger partial charge in [0.1, 0.15) is 0 Å². The maximum absolute atomic E-state index is 12.9. The van der Waals surface area contributed by atoms with Gasteiger partial charge in [0.05, 0.1) is 12.7 Å². The van der Waals surface area contributed by atoms with Crippen molar-refractivity contribution in [3.8, 4) is 11.5 Å². The van der Waals surface area contributed by atoms with Crippen LogP contribution >= 0.6 is 0 Å². The molecule has 27 heavy (non-hydrogen) atoms. The van der Waals surface area contributed by atoms with Crippen LogP contribution in [-0.2, 0) is 6.54 Å². The molecule has 9 nitrogen and oxygen atoms in total. The minimum Gasteiger partial charge on any atom is -0.454 e. The summed E-state index contributed by atoms with van der Waals surface area (Å²) in [5, 5.41) is 7.83. The van der Waals surface area contributed by atoms with Crippen molar-refractivity contribution in [3.05, 3.63) is 35.7 Å². The van der Waals surface area contributed by atoms with E-state index in [2.05, 4.69) is 10.3 Å². The summed E-state index contributed by atoms with van der Waals surface area (Å²) in [6.45, 7) is 2.07. The predicted molar refractivity (Wildman–Crippen MR) is 94.6 cm³/mol. The molecule has 1 fully saturated rings. The monoisotopic (exact) mass is 371 g/mol. The van der Waals surface area contributed by atoms with E-state index in [1.807, 2.05) is 0 Å². The molecule has 9 heteroatoms. The molecule has 2 N–H and O–H groups in total. The Labute approximate surface area is 156 Å². The summed E-state index contributed by atoms with van der Waals surface area (Å²) in [6, 6.07) is 5.20. The van der Waals surface area contributed by atoms with E-state index in [9.17, 15) is 9.59 Å². The van der Waals surface area contributed by atoms with Crippen LogP contribution in [-0.4, -0.2) is 58.0 Å². The van der Waals surface area contributed by atoms with Crippen molar-refractivity contribution in [3.63, 3.8) is 0 Å². The van der Waals surface area contributed by atoms with Gasteiger partial charge >= 0.3 is 0 Å². The highest BCUT2D eigenvalue weighted by atomic mass is 16.7. The van der Waals surface area contributed by atoms with Crippen LogP contribution in [0.15, 0.2) is 24.4 Å². The van der Waals surface area contributed by atoms with Crippen LogP contribution in [0.3, 0.4) is 0 Å². The molecule has 1 aromatic carbocycles. The molecule has 1 atom stereocenters. The molecule has 0 unspecified atom stereocenters. The highest BCUT2D eigenvalue weighted by Gasteiger charge is 2.31. The van der Waals surface area contributed by atoms with Gasteiger partial charge in [0, 0.05) is 31.1 Å². The highest BCUT2D eigenvalue weighted by Crippen LogP contribution is 2.34. The molecule has 4 rings (SSSR count). The first kappa shape index (κ1) is 17.5. The Bertz CT molecular complexity index is 865. The zero-order valence-electron chi connectivity index (χ0n) is 14.8. The van der Waals surface area contributed by atoms with E-state index in [0.717, 1.165) is 12.8 Å². The number of amides is 1.